The summed E-state index contributed by atoms with van der Waals surface area (Å²) in [4.78, 5) is 28.9. The molecule has 0 aliphatic carbocycles. The molecule has 7 heteroatoms. The molecule has 0 bridgehead atoms. The third-order valence-electron chi connectivity index (χ3n) is 4.17. The van der Waals surface area contributed by atoms with Gasteiger partial charge in [0, 0.05) is 12.4 Å². The molecule has 1 aromatic carbocycles. The highest BCUT2D eigenvalue weighted by atomic mass is 16.5. The first-order chi connectivity index (χ1) is 12.1. The minimum Gasteiger partial charge on any atom is -0.465 e. The molecule has 25 heavy (non-hydrogen) atoms. The van der Waals surface area contributed by atoms with Gasteiger partial charge in [-0.05, 0) is 24.6 Å². The molecule has 0 aliphatic heterocycles. The van der Waals surface area contributed by atoms with Gasteiger partial charge in [-0.1, -0.05) is 18.2 Å². The zero-order chi connectivity index (χ0) is 17.6. The number of esters is 1. The molecule has 0 spiro atoms. The lowest BCUT2D eigenvalue weighted by Gasteiger charge is -2.10. The maximum absolute atomic E-state index is 12.9. The maximum Gasteiger partial charge on any atom is 0.343 e. The molecule has 0 N–H and O–H groups in total. The Morgan fingerprint density at radius 2 is 1.96 bits per heavy atom. The van der Waals surface area contributed by atoms with Crippen LogP contribution in [0.5, 0.6) is 0 Å². The van der Waals surface area contributed by atoms with E-state index in [4.69, 9.17) is 4.74 Å². The molecule has 0 fully saturated rings. The second-order valence-corrected chi connectivity index (χ2v) is 5.62. The summed E-state index contributed by atoms with van der Waals surface area (Å²) in [6, 6.07) is 9.43. The van der Waals surface area contributed by atoms with Crippen molar-refractivity contribution in [3.63, 3.8) is 0 Å². The summed E-state index contributed by atoms with van der Waals surface area (Å²) in [6.45, 7) is 1.95. The molecule has 4 aromatic rings. The highest BCUT2D eigenvalue weighted by molar-refractivity contribution is 5.96. The van der Waals surface area contributed by atoms with Crippen LogP contribution in [0.3, 0.4) is 0 Å². The zero-order valence-electron chi connectivity index (χ0n) is 13.6. The smallest absolute Gasteiger partial charge is 0.343 e. The fourth-order valence-corrected chi connectivity index (χ4v) is 2.89. The van der Waals surface area contributed by atoms with Gasteiger partial charge in [-0.15, -0.1) is 0 Å². The third-order valence-corrected chi connectivity index (χ3v) is 4.17. The summed E-state index contributed by atoms with van der Waals surface area (Å²) in [5.41, 5.74) is 2.79. The summed E-state index contributed by atoms with van der Waals surface area (Å²) in [7, 11) is 1.30. The first-order valence-corrected chi connectivity index (χ1v) is 7.64. The van der Waals surface area contributed by atoms with E-state index in [-0.39, 0.29) is 11.1 Å². The molecule has 7 nitrogen and oxygen atoms in total. The van der Waals surface area contributed by atoms with Crippen LogP contribution in [0, 0.1) is 6.92 Å². The van der Waals surface area contributed by atoms with Gasteiger partial charge >= 0.3 is 5.97 Å². The van der Waals surface area contributed by atoms with E-state index in [1.165, 1.54) is 24.0 Å². The van der Waals surface area contributed by atoms with Gasteiger partial charge in [0.25, 0.3) is 5.56 Å². The van der Waals surface area contributed by atoms with Crippen molar-refractivity contribution in [2.24, 2.45) is 0 Å². The minimum atomic E-state index is -0.518. The Hall–Kier alpha value is -3.48. The van der Waals surface area contributed by atoms with Gasteiger partial charge in [0.15, 0.2) is 5.65 Å². The lowest BCUT2D eigenvalue weighted by molar-refractivity contribution is 0.0602. The average molecular weight is 334 g/mol. The first kappa shape index (κ1) is 15.1. The van der Waals surface area contributed by atoms with E-state index >= 15 is 0 Å². The van der Waals surface area contributed by atoms with Crippen molar-refractivity contribution in [1.29, 1.82) is 0 Å². The largest absolute Gasteiger partial charge is 0.465 e. The fraction of sp³-hybridized carbons (Fsp3) is 0.111. The van der Waals surface area contributed by atoms with E-state index in [1.807, 2.05) is 31.2 Å². The van der Waals surface area contributed by atoms with Crippen LogP contribution in [0.2, 0.25) is 0 Å². The van der Waals surface area contributed by atoms with Crippen molar-refractivity contribution in [1.82, 2.24) is 19.2 Å². The Labute approximate surface area is 142 Å². The number of hydrogen-bond acceptors (Lipinski definition) is 5. The number of pyridine rings is 1. The second kappa shape index (κ2) is 5.55. The predicted octanol–water partition coefficient (Wildman–Crippen LogP) is 2.13. The molecule has 0 amide bonds. The number of ether oxygens (including phenoxy) is 1. The zero-order valence-corrected chi connectivity index (χ0v) is 13.6. The molecule has 0 radical (unpaired) electrons. The van der Waals surface area contributed by atoms with Crippen LogP contribution >= 0.6 is 0 Å². The highest BCUT2D eigenvalue weighted by Gasteiger charge is 2.17. The van der Waals surface area contributed by atoms with Gasteiger partial charge in [0.05, 0.1) is 29.9 Å². The fourth-order valence-electron chi connectivity index (χ4n) is 2.89. The maximum atomic E-state index is 12.9. The lowest BCUT2D eigenvalue weighted by Crippen LogP contribution is -2.19. The van der Waals surface area contributed by atoms with Gasteiger partial charge in [0.2, 0.25) is 0 Å². The number of rotatable bonds is 2. The van der Waals surface area contributed by atoms with E-state index in [0.717, 1.165) is 11.3 Å². The standard InChI is InChI=1S/C18H14N4O3/c1-11-5-3-4-6-14(11)21-8-7-15-12(17(21)23)9-19-16-13(18(24)25-2)10-20-22(15)16/h3-10H,1-2H3. The normalized spacial score (nSPS) is 11.1. The molecule has 0 atom stereocenters. The Kier molecular flexibility index (Phi) is 3.35. The topological polar surface area (TPSA) is 78.5 Å². The summed E-state index contributed by atoms with van der Waals surface area (Å²) in [6.07, 6.45) is 4.56. The minimum absolute atomic E-state index is 0.198. The van der Waals surface area contributed by atoms with Gasteiger partial charge in [0.1, 0.15) is 5.56 Å². The SMILES string of the molecule is COC(=O)c1cnn2c1ncc1c(=O)n(-c3ccccc3C)ccc12. The molecule has 0 saturated carbocycles. The molecule has 3 heterocycles. The number of carbonyl (C=O) groups excluding carboxylic acids is 1. The summed E-state index contributed by atoms with van der Waals surface area (Å²) in [5.74, 6) is -0.518. The second-order valence-electron chi connectivity index (χ2n) is 5.62. The quantitative estimate of drug-likeness (QED) is 0.525. The number of carbonyl (C=O) groups is 1. The molecule has 0 aliphatic rings. The van der Waals surface area contributed by atoms with E-state index in [1.54, 1.807) is 16.8 Å². The van der Waals surface area contributed by atoms with E-state index < -0.39 is 5.97 Å². The van der Waals surface area contributed by atoms with Crippen molar-refractivity contribution in [2.45, 2.75) is 6.92 Å². The van der Waals surface area contributed by atoms with Crippen molar-refractivity contribution in [3.05, 3.63) is 70.4 Å². The van der Waals surface area contributed by atoms with E-state index in [2.05, 4.69) is 10.1 Å². The van der Waals surface area contributed by atoms with Crippen molar-refractivity contribution in [2.75, 3.05) is 7.11 Å². The molecule has 4 rings (SSSR count). The van der Waals surface area contributed by atoms with Gasteiger partial charge in [-0.3, -0.25) is 9.36 Å². The van der Waals surface area contributed by atoms with Crippen molar-refractivity contribution < 1.29 is 9.53 Å². The Morgan fingerprint density at radius 3 is 2.72 bits per heavy atom. The summed E-state index contributed by atoms with van der Waals surface area (Å²) < 4.78 is 7.79. The molecule has 3 aromatic heterocycles. The Balaban J connectivity index is 2.01. The van der Waals surface area contributed by atoms with Crippen LogP contribution in [0.1, 0.15) is 15.9 Å². The van der Waals surface area contributed by atoms with Crippen LogP contribution in [0.4, 0.5) is 0 Å². The number of methoxy groups -OCH3 is 1. The van der Waals surface area contributed by atoms with Crippen molar-refractivity contribution in [3.8, 4) is 5.69 Å². The molecule has 0 unspecified atom stereocenters. The van der Waals surface area contributed by atoms with E-state index in [0.29, 0.717) is 16.6 Å². The van der Waals surface area contributed by atoms with Gasteiger partial charge in [-0.2, -0.15) is 5.10 Å². The molecule has 0 saturated heterocycles. The first-order valence-electron chi connectivity index (χ1n) is 7.64. The average Bonchev–Trinajstić information content (AvgIpc) is 3.07. The number of benzene rings is 1. The van der Waals surface area contributed by atoms with E-state index in [9.17, 15) is 9.59 Å². The van der Waals surface area contributed by atoms with Gasteiger partial charge < -0.3 is 4.74 Å². The highest BCUT2D eigenvalue weighted by Crippen LogP contribution is 2.17. The number of fused-ring (bicyclic) bond motifs is 3. The van der Waals surface area contributed by atoms with Crippen LogP contribution < -0.4 is 5.56 Å². The third kappa shape index (κ3) is 2.20. The van der Waals surface area contributed by atoms with Crippen LogP contribution in [-0.4, -0.2) is 32.2 Å². The van der Waals surface area contributed by atoms with Crippen LogP contribution in [0.15, 0.2) is 53.7 Å². The monoisotopic (exact) mass is 334 g/mol. The Morgan fingerprint density at radius 1 is 1.16 bits per heavy atom. The molecular formula is C18H14N4O3. The van der Waals surface area contributed by atoms with Crippen LogP contribution in [-0.2, 0) is 4.74 Å². The molecule has 124 valence electrons. The number of aromatic nitrogens is 4. The summed E-state index contributed by atoms with van der Waals surface area (Å²) in [5, 5.41) is 4.60. The summed E-state index contributed by atoms with van der Waals surface area (Å²) >= 11 is 0. The van der Waals surface area contributed by atoms with Crippen LogP contribution in [0.25, 0.3) is 22.2 Å². The number of para-hydroxylation sites is 1. The predicted molar refractivity (Wildman–Crippen MR) is 92.2 cm³/mol. The van der Waals surface area contributed by atoms with Crippen molar-refractivity contribution >= 4 is 22.5 Å². The Bertz CT molecular complexity index is 1190. The number of hydrogen-bond donors (Lipinski definition) is 0. The molecular weight excluding hydrogens is 320 g/mol. The number of aryl methyl sites for hydroxylation is 1. The number of nitrogens with zero attached hydrogens (tertiary/aromatic N) is 4. The lowest BCUT2D eigenvalue weighted by atomic mass is 10.2. The van der Waals surface area contributed by atoms with Gasteiger partial charge in [-0.25, -0.2) is 14.3 Å².